The summed E-state index contributed by atoms with van der Waals surface area (Å²) in [7, 11) is 0. The van der Waals surface area contributed by atoms with E-state index in [4.69, 9.17) is 13.9 Å². The maximum absolute atomic E-state index is 5.93. The van der Waals surface area contributed by atoms with Crippen molar-refractivity contribution in [3.8, 4) is 0 Å². The van der Waals surface area contributed by atoms with E-state index in [1.165, 1.54) is 5.57 Å². The molecule has 0 saturated heterocycles. The van der Waals surface area contributed by atoms with E-state index in [9.17, 15) is 0 Å². The summed E-state index contributed by atoms with van der Waals surface area (Å²) in [6, 6.07) is 1.93. The van der Waals surface area contributed by atoms with E-state index in [-0.39, 0.29) is 12.4 Å². The van der Waals surface area contributed by atoms with Crippen LogP contribution >= 0.6 is 0 Å². The third kappa shape index (κ3) is 2.51. The summed E-state index contributed by atoms with van der Waals surface area (Å²) in [6.07, 6.45) is 5.75. The molecule has 2 atom stereocenters. The first-order valence-electron chi connectivity index (χ1n) is 5.87. The zero-order valence-electron chi connectivity index (χ0n) is 10.3. The Morgan fingerprint density at radius 1 is 1.59 bits per heavy atom. The number of hydrogen-bond donors (Lipinski definition) is 0. The number of hydrogen-bond acceptors (Lipinski definition) is 3. The fourth-order valence-electron chi connectivity index (χ4n) is 2.07. The molecule has 0 N–H and O–H groups in total. The van der Waals surface area contributed by atoms with Crippen molar-refractivity contribution in [1.82, 2.24) is 0 Å². The predicted octanol–water partition coefficient (Wildman–Crippen LogP) is 3.61. The van der Waals surface area contributed by atoms with Gasteiger partial charge in [-0.05, 0) is 26.3 Å². The molecule has 0 unspecified atom stereocenters. The monoisotopic (exact) mass is 234 g/mol. The fourth-order valence-corrected chi connectivity index (χ4v) is 2.07. The Kier molecular flexibility index (Phi) is 3.82. The molecular formula is C14H18O3. The lowest BCUT2D eigenvalue weighted by molar-refractivity contribution is -0.153. The first kappa shape index (κ1) is 12.1. The average molecular weight is 234 g/mol. The second-order valence-corrected chi connectivity index (χ2v) is 4.11. The molecule has 0 bridgehead atoms. The van der Waals surface area contributed by atoms with Crippen LogP contribution in [0.4, 0.5) is 0 Å². The van der Waals surface area contributed by atoms with Crippen LogP contribution < -0.4 is 0 Å². The van der Waals surface area contributed by atoms with E-state index in [1.54, 1.807) is 12.5 Å². The highest BCUT2D eigenvalue weighted by atomic mass is 16.7. The van der Waals surface area contributed by atoms with Crippen LogP contribution in [-0.4, -0.2) is 12.9 Å². The Bertz CT molecular complexity index is 403. The maximum Gasteiger partial charge on any atom is 0.184 e. The molecular weight excluding hydrogens is 216 g/mol. The van der Waals surface area contributed by atoms with Gasteiger partial charge in [-0.15, -0.1) is 0 Å². The molecule has 0 spiro atoms. The molecule has 3 heteroatoms. The van der Waals surface area contributed by atoms with Crippen molar-refractivity contribution in [2.24, 2.45) is 0 Å². The van der Waals surface area contributed by atoms with Gasteiger partial charge in [-0.2, -0.15) is 0 Å². The molecule has 0 fully saturated rings. The van der Waals surface area contributed by atoms with Crippen molar-refractivity contribution >= 4 is 0 Å². The molecule has 1 aromatic rings. The average Bonchev–Trinajstić information content (AvgIpc) is 2.82. The first-order valence-corrected chi connectivity index (χ1v) is 5.87. The van der Waals surface area contributed by atoms with Crippen LogP contribution in [0.15, 0.2) is 46.8 Å². The van der Waals surface area contributed by atoms with Crippen molar-refractivity contribution in [3.63, 3.8) is 0 Å². The van der Waals surface area contributed by atoms with Crippen LogP contribution in [0.1, 0.15) is 31.9 Å². The molecule has 0 aliphatic carbocycles. The van der Waals surface area contributed by atoms with E-state index < -0.39 is 0 Å². The highest BCUT2D eigenvalue weighted by Crippen LogP contribution is 2.35. The van der Waals surface area contributed by atoms with Gasteiger partial charge in [0.05, 0.1) is 18.6 Å². The lowest BCUT2D eigenvalue weighted by Crippen LogP contribution is -2.27. The van der Waals surface area contributed by atoms with Gasteiger partial charge in [0.2, 0.25) is 0 Å². The lowest BCUT2D eigenvalue weighted by Gasteiger charge is -2.31. The second kappa shape index (κ2) is 5.34. The standard InChI is InChI=1S/C14H18O3/c1-4-12-10(3)8-13(11-6-7-15-9-11)17-14(12)16-5-2/h4,6-7,9,13-14H,1,5,8H2,2-3H3/t13-,14-/m0/s1. The van der Waals surface area contributed by atoms with Crippen molar-refractivity contribution < 1.29 is 13.9 Å². The molecule has 1 aromatic heterocycles. The second-order valence-electron chi connectivity index (χ2n) is 4.11. The Balaban J connectivity index is 2.22. The van der Waals surface area contributed by atoms with Crippen molar-refractivity contribution in [3.05, 3.63) is 48.0 Å². The summed E-state index contributed by atoms with van der Waals surface area (Å²) in [5.74, 6) is 0. The van der Waals surface area contributed by atoms with Crippen molar-refractivity contribution in [2.75, 3.05) is 6.61 Å². The van der Waals surface area contributed by atoms with E-state index in [0.29, 0.717) is 6.61 Å². The molecule has 0 radical (unpaired) electrons. The Morgan fingerprint density at radius 2 is 2.41 bits per heavy atom. The summed E-state index contributed by atoms with van der Waals surface area (Å²) in [5.41, 5.74) is 3.36. The van der Waals surface area contributed by atoms with Gasteiger partial charge in [0, 0.05) is 17.7 Å². The summed E-state index contributed by atoms with van der Waals surface area (Å²) >= 11 is 0. The van der Waals surface area contributed by atoms with Crippen LogP contribution in [0.2, 0.25) is 0 Å². The lowest BCUT2D eigenvalue weighted by atomic mass is 9.96. The highest BCUT2D eigenvalue weighted by Gasteiger charge is 2.28. The van der Waals surface area contributed by atoms with Gasteiger partial charge in [-0.3, -0.25) is 0 Å². The Labute approximate surface area is 102 Å². The van der Waals surface area contributed by atoms with Gasteiger partial charge in [0.25, 0.3) is 0 Å². The van der Waals surface area contributed by atoms with Gasteiger partial charge in [0.15, 0.2) is 6.29 Å². The topological polar surface area (TPSA) is 31.6 Å². The summed E-state index contributed by atoms with van der Waals surface area (Å²) in [4.78, 5) is 0. The van der Waals surface area contributed by atoms with Crippen LogP contribution in [-0.2, 0) is 9.47 Å². The molecule has 3 nitrogen and oxygen atoms in total. The molecule has 1 aliphatic rings. The molecule has 0 amide bonds. The van der Waals surface area contributed by atoms with E-state index >= 15 is 0 Å². The van der Waals surface area contributed by atoms with Gasteiger partial charge < -0.3 is 13.9 Å². The first-order chi connectivity index (χ1) is 8.26. The molecule has 2 heterocycles. The zero-order valence-corrected chi connectivity index (χ0v) is 10.3. The fraction of sp³-hybridized carbons (Fsp3) is 0.429. The summed E-state index contributed by atoms with van der Waals surface area (Å²) < 4.78 is 16.6. The highest BCUT2D eigenvalue weighted by molar-refractivity contribution is 5.29. The van der Waals surface area contributed by atoms with Crippen LogP contribution in [0.25, 0.3) is 0 Å². The van der Waals surface area contributed by atoms with Crippen molar-refractivity contribution in [1.29, 1.82) is 0 Å². The summed E-state index contributed by atoms with van der Waals surface area (Å²) in [6.45, 7) is 8.49. The number of furan rings is 1. The SMILES string of the molecule is C=CC1=C(C)C[C@@H](c2ccoc2)O[C@@H]1OCC. The molecule has 2 rings (SSSR count). The van der Waals surface area contributed by atoms with E-state index in [2.05, 4.69) is 13.5 Å². The predicted molar refractivity (Wildman–Crippen MR) is 65.5 cm³/mol. The maximum atomic E-state index is 5.93. The van der Waals surface area contributed by atoms with Crippen LogP contribution in [0.3, 0.4) is 0 Å². The van der Waals surface area contributed by atoms with Crippen LogP contribution in [0, 0.1) is 0 Å². The Hall–Kier alpha value is -1.32. The minimum Gasteiger partial charge on any atom is -0.472 e. The van der Waals surface area contributed by atoms with Gasteiger partial charge in [-0.1, -0.05) is 18.2 Å². The normalized spacial score (nSPS) is 25.1. The minimum absolute atomic E-state index is 0.00833. The third-order valence-electron chi connectivity index (χ3n) is 2.98. The van der Waals surface area contributed by atoms with Gasteiger partial charge in [-0.25, -0.2) is 0 Å². The van der Waals surface area contributed by atoms with E-state index in [0.717, 1.165) is 17.6 Å². The largest absolute Gasteiger partial charge is 0.472 e. The zero-order chi connectivity index (χ0) is 12.3. The molecule has 0 aromatic carbocycles. The molecule has 0 saturated carbocycles. The van der Waals surface area contributed by atoms with Crippen LogP contribution in [0.5, 0.6) is 0 Å². The quantitative estimate of drug-likeness (QED) is 0.797. The number of rotatable bonds is 4. The van der Waals surface area contributed by atoms with Crippen molar-refractivity contribution in [2.45, 2.75) is 32.7 Å². The molecule has 17 heavy (non-hydrogen) atoms. The molecule has 1 aliphatic heterocycles. The molecule has 92 valence electrons. The van der Waals surface area contributed by atoms with Gasteiger partial charge in [0.1, 0.15) is 0 Å². The summed E-state index contributed by atoms with van der Waals surface area (Å²) in [5, 5.41) is 0. The number of ether oxygens (including phenoxy) is 2. The Morgan fingerprint density at radius 3 is 3.00 bits per heavy atom. The van der Waals surface area contributed by atoms with E-state index in [1.807, 2.05) is 19.1 Å². The van der Waals surface area contributed by atoms with Gasteiger partial charge >= 0.3 is 0 Å². The third-order valence-corrected chi connectivity index (χ3v) is 2.98. The smallest absolute Gasteiger partial charge is 0.184 e. The minimum atomic E-state index is -0.314.